The Labute approximate surface area is 115 Å². The number of morpholine rings is 1. The molecule has 1 fully saturated rings. The molecule has 0 bridgehead atoms. The molecule has 18 heavy (non-hydrogen) atoms. The zero-order chi connectivity index (χ0) is 13.4. The van der Waals surface area contributed by atoms with Gasteiger partial charge in [-0.1, -0.05) is 6.92 Å². The summed E-state index contributed by atoms with van der Waals surface area (Å²) in [6, 6.07) is 0.423. The molecule has 4 nitrogen and oxygen atoms in total. The van der Waals surface area contributed by atoms with Gasteiger partial charge in [0.1, 0.15) is 0 Å². The van der Waals surface area contributed by atoms with Crippen LogP contribution in [0.5, 0.6) is 0 Å². The van der Waals surface area contributed by atoms with Crippen molar-refractivity contribution in [2.45, 2.75) is 44.4 Å². The Hall–Kier alpha value is -0.260. The van der Waals surface area contributed by atoms with Gasteiger partial charge in [0.05, 0.1) is 19.8 Å². The van der Waals surface area contributed by atoms with Crippen molar-refractivity contribution in [2.75, 3.05) is 32.9 Å². The van der Waals surface area contributed by atoms with Crippen molar-refractivity contribution in [3.8, 4) is 0 Å². The van der Waals surface area contributed by atoms with Gasteiger partial charge < -0.3 is 9.47 Å². The lowest BCUT2D eigenvalue weighted by Crippen LogP contribution is -2.47. The lowest BCUT2D eigenvalue weighted by molar-refractivity contribution is -0.143. The molecule has 2 atom stereocenters. The van der Waals surface area contributed by atoms with Gasteiger partial charge in [0.2, 0.25) is 0 Å². The van der Waals surface area contributed by atoms with E-state index >= 15 is 0 Å². The molecule has 1 saturated heterocycles. The molecule has 0 aromatic carbocycles. The van der Waals surface area contributed by atoms with Crippen LogP contribution in [0.1, 0.15) is 33.1 Å². The predicted octanol–water partition coefficient (Wildman–Crippen LogP) is 1.74. The molecule has 0 spiro atoms. The molecular formula is C13H25NO3S. The topological polar surface area (TPSA) is 38.8 Å². The first-order chi connectivity index (χ1) is 8.65. The molecule has 106 valence electrons. The highest BCUT2D eigenvalue weighted by Gasteiger charge is 2.24. The fourth-order valence-electron chi connectivity index (χ4n) is 2.33. The molecule has 0 amide bonds. The van der Waals surface area contributed by atoms with Gasteiger partial charge in [-0.05, 0) is 19.8 Å². The molecule has 5 heteroatoms. The quantitative estimate of drug-likeness (QED) is 0.567. The normalized spacial score (nSPS) is 20.4. The lowest BCUT2D eigenvalue weighted by atomic mass is 10.0. The number of hydrogen-bond acceptors (Lipinski definition) is 5. The number of rotatable bonds is 7. The first kappa shape index (κ1) is 15.8. The second-order valence-electron chi connectivity index (χ2n) is 4.65. The highest BCUT2D eigenvalue weighted by atomic mass is 32.1. The van der Waals surface area contributed by atoms with E-state index in [1.807, 2.05) is 6.92 Å². The summed E-state index contributed by atoms with van der Waals surface area (Å²) in [5.41, 5.74) is 0. The van der Waals surface area contributed by atoms with E-state index in [4.69, 9.17) is 9.47 Å². The monoisotopic (exact) mass is 275 g/mol. The summed E-state index contributed by atoms with van der Waals surface area (Å²) >= 11 is 4.57. The average molecular weight is 275 g/mol. The molecule has 0 aromatic heterocycles. The van der Waals surface area contributed by atoms with Crippen LogP contribution in [0.3, 0.4) is 0 Å². The second-order valence-corrected chi connectivity index (χ2v) is 5.47. The fraction of sp³-hybridized carbons (Fsp3) is 0.923. The third-order valence-electron chi connectivity index (χ3n) is 3.26. The van der Waals surface area contributed by atoms with Crippen LogP contribution in [0.4, 0.5) is 0 Å². The number of ether oxygens (including phenoxy) is 2. The van der Waals surface area contributed by atoms with Crippen LogP contribution in [0, 0.1) is 0 Å². The van der Waals surface area contributed by atoms with Gasteiger partial charge in [0.25, 0.3) is 0 Å². The van der Waals surface area contributed by atoms with E-state index in [0.29, 0.717) is 24.3 Å². The van der Waals surface area contributed by atoms with Gasteiger partial charge in [-0.15, -0.1) is 0 Å². The number of nitrogens with zero attached hydrogens (tertiary/aromatic N) is 1. The average Bonchev–Trinajstić information content (AvgIpc) is 2.35. The van der Waals surface area contributed by atoms with E-state index < -0.39 is 0 Å². The molecule has 1 unspecified atom stereocenters. The van der Waals surface area contributed by atoms with Crippen molar-refractivity contribution in [2.24, 2.45) is 0 Å². The summed E-state index contributed by atoms with van der Waals surface area (Å²) in [4.78, 5) is 13.7. The van der Waals surface area contributed by atoms with Gasteiger partial charge in [-0.2, -0.15) is 12.6 Å². The zero-order valence-corrected chi connectivity index (χ0v) is 12.3. The Balaban J connectivity index is 2.31. The van der Waals surface area contributed by atoms with Gasteiger partial charge in [0, 0.05) is 30.8 Å². The van der Waals surface area contributed by atoms with Crippen molar-refractivity contribution < 1.29 is 14.3 Å². The van der Waals surface area contributed by atoms with Gasteiger partial charge in [-0.25, -0.2) is 0 Å². The Morgan fingerprint density at radius 2 is 2.11 bits per heavy atom. The number of thiol groups is 1. The van der Waals surface area contributed by atoms with Gasteiger partial charge in [-0.3, -0.25) is 9.69 Å². The molecule has 1 aliphatic rings. The van der Waals surface area contributed by atoms with E-state index in [2.05, 4.69) is 24.5 Å². The molecule has 0 radical (unpaired) electrons. The maximum atomic E-state index is 11.3. The number of hydrogen-bond donors (Lipinski definition) is 1. The van der Waals surface area contributed by atoms with Crippen molar-refractivity contribution >= 4 is 18.6 Å². The van der Waals surface area contributed by atoms with Gasteiger partial charge >= 0.3 is 5.97 Å². The molecule has 1 rings (SSSR count). The minimum absolute atomic E-state index is 0.0926. The second kappa shape index (κ2) is 8.77. The van der Waals surface area contributed by atoms with Crippen LogP contribution >= 0.6 is 12.6 Å². The first-order valence-electron chi connectivity index (χ1n) is 6.80. The molecule has 0 saturated carbocycles. The van der Waals surface area contributed by atoms with Crippen molar-refractivity contribution in [1.29, 1.82) is 0 Å². The van der Waals surface area contributed by atoms with Crippen LogP contribution in [0.25, 0.3) is 0 Å². The molecule has 1 aliphatic heterocycles. The van der Waals surface area contributed by atoms with Crippen molar-refractivity contribution in [3.05, 3.63) is 0 Å². The third kappa shape index (κ3) is 5.59. The maximum Gasteiger partial charge on any atom is 0.305 e. The highest BCUT2D eigenvalue weighted by molar-refractivity contribution is 7.81. The van der Waals surface area contributed by atoms with Crippen LogP contribution in [-0.4, -0.2) is 55.1 Å². The summed E-state index contributed by atoms with van der Waals surface area (Å²) in [5, 5.41) is 0.310. The fourth-order valence-corrected chi connectivity index (χ4v) is 2.66. The van der Waals surface area contributed by atoms with E-state index in [9.17, 15) is 4.79 Å². The molecule has 0 aromatic rings. The predicted molar refractivity (Wildman–Crippen MR) is 75.1 cm³/mol. The standard InChI is InChI=1S/C13H25NO3S/c1-3-17-13(15)6-4-5-12(11(2)18)14-7-9-16-10-8-14/h11-12,18H,3-10H2,1-2H3/t11-,12?/m0/s1. The number of carbonyl (C=O) groups is 1. The van der Waals surface area contributed by atoms with Crippen LogP contribution in [-0.2, 0) is 14.3 Å². The summed E-state index contributed by atoms with van der Waals surface area (Å²) in [6.45, 7) is 7.96. The van der Waals surface area contributed by atoms with Crippen molar-refractivity contribution in [1.82, 2.24) is 4.90 Å². The molecule has 0 N–H and O–H groups in total. The van der Waals surface area contributed by atoms with E-state index in [-0.39, 0.29) is 5.97 Å². The Morgan fingerprint density at radius 3 is 2.67 bits per heavy atom. The largest absolute Gasteiger partial charge is 0.466 e. The SMILES string of the molecule is CCOC(=O)CCCC([C@H](C)S)N1CCOCC1. The van der Waals surface area contributed by atoms with Crippen molar-refractivity contribution in [3.63, 3.8) is 0 Å². The molecular weight excluding hydrogens is 250 g/mol. The Morgan fingerprint density at radius 1 is 1.44 bits per heavy atom. The third-order valence-corrected chi connectivity index (χ3v) is 3.60. The molecule has 1 heterocycles. The van der Waals surface area contributed by atoms with Crippen LogP contribution in [0.2, 0.25) is 0 Å². The minimum atomic E-state index is -0.0926. The van der Waals surface area contributed by atoms with Crippen LogP contribution in [0.15, 0.2) is 0 Å². The smallest absolute Gasteiger partial charge is 0.305 e. The first-order valence-corrected chi connectivity index (χ1v) is 7.32. The highest BCUT2D eigenvalue weighted by Crippen LogP contribution is 2.18. The summed E-state index contributed by atoms with van der Waals surface area (Å²) in [5.74, 6) is -0.0926. The summed E-state index contributed by atoms with van der Waals surface area (Å²) < 4.78 is 10.3. The molecule has 0 aliphatic carbocycles. The zero-order valence-electron chi connectivity index (χ0n) is 11.4. The summed E-state index contributed by atoms with van der Waals surface area (Å²) in [7, 11) is 0. The van der Waals surface area contributed by atoms with Crippen LogP contribution < -0.4 is 0 Å². The number of esters is 1. The Kier molecular flexibility index (Phi) is 7.70. The van der Waals surface area contributed by atoms with E-state index in [1.165, 1.54) is 0 Å². The lowest BCUT2D eigenvalue weighted by Gasteiger charge is -2.36. The maximum absolute atomic E-state index is 11.3. The summed E-state index contributed by atoms with van der Waals surface area (Å²) in [6.07, 6.45) is 2.37. The van der Waals surface area contributed by atoms with Gasteiger partial charge in [0.15, 0.2) is 0 Å². The van der Waals surface area contributed by atoms with E-state index in [0.717, 1.165) is 39.1 Å². The Bertz CT molecular complexity index is 242. The van der Waals surface area contributed by atoms with E-state index in [1.54, 1.807) is 0 Å². The minimum Gasteiger partial charge on any atom is -0.466 e. The number of carbonyl (C=O) groups excluding carboxylic acids is 1.